The SMILES string of the molecule is COc1ccc(N)c(N2CCCCC2CO)c1. The molecule has 1 aliphatic rings. The van der Waals surface area contributed by atoms with Crippen LogP contribution in [0.25, 0.3) is 0 Å². The molecule has 1 atom stereocenters. The van der Waals surface area contributed by atoms with Crippen molar-refractivity contribution < 1.29 is 9.84 Å². The molecular weight excluding hydrogens is 216 g/mol. The summed E-state index contributed by atoms with van der Waals surface area (Å²) in [5, 5.41) is 9.43. The second-order valence-corrected chi connectivity index (χ2v) is 4.45. The fourth-order valence-corrected chi connectivity index (χ4v) is 2.41. The molecule has 1 unspecified atom stereocenters. The minimum Gasteiger partial charge on any atom is -0.497 e. The molecule has 3 N–H and O–H groups in total. The number of aliphatic hydroxyl groups is 1. The number of nitrogens with two attached hydrogens (primary N) is 1. The molecule has 1 aliphatic heterocycles. The van der Waals surface area contributed by atoms with Gasteiger partial charge in [-0.15, -0.1) is 0 Å². The van der Waals surface area contributed by atoms with E-state index >= 15 is 0 Å². The number of nitrogen functional groups attached to an aromatic ring is 1. The van der Waals surface area contributed by atoms with Crippen LogP contribution in [0.1, 0.15) is 19.3 Å². The van der Waals surface area contributed by atoms with Gasteiger partial charge in [-0.05, 0) is 31.4 Å². The Bertz CT molecular complexity index is 382. The van der Waals surface area contributed by atoms with Crippen LogP contribution in [0.5, 0.6) is 5.75 Å². The van der Waals surface area contributed by atoms with Gasteiger partial charge >= 0.3 is 0 Å². The summed E-state index contributed by atoms with van der Waals surface area (Å²) in [6.07, 6.45) is 3.34. The first kappa shape index (κ1) is 12.0. The van der Waals surface area contributed by atoms with Crippen LogP contribution in [0.3, 0.4) is 0 Å². The lowest BCUT2D eigenvalue weighted by Gasteiger charge is -2.37. The van der Waals surface area contributed by atoms with Gasteiger partial charge in [0.05, 0.1) is 31.1 Å². The van der Waals surface area contributed by atoms with Crippen molar-refractivity contribution in [3.8, 4) is 5.75 Å². The van der Waals surface area contributed by atoms with Gasteiger partial charge in [-0.2, -0.15) is 0 Å². The zero-order valence-electron chi connectivity index (χ0n) is 10.2. The molecule has 0 saturated carbocycles. The number of piperidine rings is 1. The standard InChI is InChI=1S/C13H20N2O2/c1-17-11-5-6-12(14)13(8-11)15-7-3-2-4-10(15)9-16/h5-6,8,10,16H,2-4,7,9,14H2,1H3. The quantitative estimate of drug-likeness (QED) is 0.783. The van der Waals surface area contributed by atoms with Crippen LogP contribution in [0.15, 0.2) is 18.2 Å². The van der Waals surface area contributed by atoms with Crippen molar-refractivity contribution in [1.82, 2.24) is 0 Å². The summed E-state index contributed by atoms with van der Waals surface area (Å²) < 4.78 is 5.22. The summed E-state index contributed by atoms with van der Waals surface area (Å²) in [7, 11) is 1.65. The highest BCUT2D eigenvalue weighted by Gasteiger charge is 2.23. The molecule has 1 aromatic carbocycles. The highest BCUT2D eigenvalue weighted by molar-refractivity contribution is 5.70. The zero-order valence-corrected chi connectivity index (χ0v) is 10.2. The van der Waals surface area contributed by atoms with E-state index in [9.17, 15) is 5.11 Å². The number of benzene rings is 1. The van der Waals surface area contributed by atoms with E-state index in [1.54, 1.807) is 7.11 Å². The first-order valence-corrected chi connectivity index (χ1v) is 6.07. The summed E-state index contributed by atoms with van der Waals surface area (Å²) in [6, 6.07) is 5.84. The Morgan fingerprint density at radius 1 is 1.47 bits per heavy atom. The van der Waals surface area contributed by atoms with E-state index < -0.39 is 0 Å². The zero-order chi connectivity index (χ0) is 12.3. The third-order valence-corrected chi connectivity index (χ3v) is 3.38. The van der Waals surface area contributed by atoms with Crippen molar-refractivity contribution in [3.63, 3.8) is 0 Å². The van der Waals surface area contributed by atoms with Crippen LogP contribution in [0.4, 0.5) is 11.4 Å². The smallest absolute Gasteiger partial charge is 0.121 e. The van der Waals surface area contributed by atoms with Crippen molar-refractivity contribution in [1.29, 1.82) is 0 Å². The van der Waals surface area contributed by atoms with Gasteiger partial charge in [0.1, 0.15) is 5.75 Å². The molecule has 4 nitrogen and oxygen atoms in total. The predicted octanol–water partition coefficient (Wildman–Crippen LogP) is 1.63. The van der Waals surface area contributed by atoms with Crippen molar-refractivity contribution >= 4 is 11.4 Å². The van der Waals surface area contributed by atoms with Crippen molar-refractivity contribution in [3.05, 3.63) is 18.2 Å². The fraction of sp³-hybridized carbons (Fsp3) is 0.538. The molecule has 1 fully saturated rings. The van der Waals surface area contributed by atoms with E-state index in [0.29, 0.717) is 0 Å². The molecular formula is C13H20N2O2. The van der Waals surface area contributed by atoms with Crippen LogP contribution in [-0.2, 0) is 0 Å². The summed E-state index contributed by atoms with van der Waals surface area (Å²) >= 11 is 0. The van der Waals surface area contributed by atoms with Crippen LogP contribution in [-0.4, -0.2) is 31.4 Å². The van der Waals surface area contributed by atoms with E-state index in [1.807, 2.05) is 18.2 Å². The highest BCUT2D eigenvalue weighted by Crippen LogP contribution is 2.32. The molecule has 94 valence electrons. The third kappa shape index (κ3) is 2.47. The van der Waals surface area contributed by atoms with Gasteiger partial charge in [-0.25, -0.2) is 0 Å². The van der Waals surface area contributed by atoms with E-state index in [-0.39, 0.29) is 12.6 Å². The number of aliphatic hydroxyl groups excluding tert-OH is 1. The lowest BCUT2D eigenvalue weighted by Crippen LogP contribution is -2.42. The van der Waals surface area contributed by atoms with E-state index in [0.717, 1.165) is 36.5 Å². The van der Waals surface area contributed by atoms with Gasteiger partial charge < -0.3 is 20.5 Å². The van der Waals surface area contributed by atoms with Crippen molar-refractivity contribution in [2.24, 2.45) is 0 Å². The van der Waals surface area contributed by atoms with Crippen LogP contribution in [0.2, 0.25) is 0 Å². The molecule has 17 heavy (non-hydrogen) atoms. The van der Waals surface area contributed by atoms with E-state index in [2.05, 4.69) is 4.90 Å². The number of rotatable bonds is 3. The molecule has 2 rings (SSSR count). The Balaban J connectivity index is 2.30. The van der Waals surface area contributed by atoms with Crippen molar-refractivity contribution in [2.75, 3.05) is 30.9 Å². The molecule has 0 bridgehead atoms. The monoisotopic (exact) mass is 236 g/mol. The Morgan fingerprint density at radius 3 is 3.00 bits per heavy atom. The maximum absolute atomic E-state index is 9.43. The molecule has 0 aliphatic carbocycles. The number of hydrogen-bond acceptors (Lipinski definition) is 4. The maximum Gasteiger partial charge on any atom is 0.121 e. The molecule has 0 radical (unpaired) electrons. The maximum atomic E-state index is 9.43. The molecule has 0 aromatic heterocycles. The fourth-order valence-electron chi connectivity index (χ4n) is 2.41. The Hall–Kier alpha value is -1.42. The van der Waals surface area contributed by atoms with E-state index in [1.165, 1.54) is 6.42 Å². The largest absolute Gasteiger partial charge is 0.497 e. The topological polar surface area (TPSA) is 58.7 Å². The lowest BCUT2D eigenvalue weighted by atomic mass is 10.0. The number of methoxy groups -OCH3 is 1. The number of ether oxygens (including phenoxy) is 1. The minimum absolute atomic E-state index is 0.177. The first-order valence-electron chi connectivity index (χ1n) is 6.07. The number of anilines is 2. The predicted molar refractivity (Wildman–Crippen MR) is 69.5 cm³/mol. The van der Waals surface area contributed by atoms with Crippen LogP contribution < -0.4 is 15.4 Å². The molecule has 1 heterocycles. The summed E-state index contributed by atoms with van der Waals surface area (Å²) in [6.45, 7) is 1.12. The summed E-state index contributed by atoms with van der Waals surface area (Å²) in [5.74, 6) is 0.802. The lowest BCUT2D eigenvalue weighted by molar-refractivity contribution is 0.240. The minimum atomic E-state index is 0.177. The van der Waals surface area contributed by atoms with Crippen molar-refractivity contribution in [2.45, 2.75) is 25.3 Å². The highest BCUT2D eigenvalue weighted by atomic mass is 16.5. The Labute approximate surface area is 102 Å². The number of hydrogen-bond donors (Lipinski definition) is 2. The van der Waals surface area contributed by atoms with Gasteiger partial charge in [0.25, 0.3) is 0 Å². The second-order valence-electron chi connectivity index (χ2n) is 4.45. The van der Waals surface area contributed by atoms with Crippen LogP contribution >= 0.6 is 0 Å². The summed E-state index contributed by atoms with van der Waals surface area (Å²) in [5.41, 5.74) is 7.73. The summed E-state index contributed by atoms with van der Waals surface area (Å²) in [4.78, 5) is 2.20. The molecule has 4 heteroatoms. The third-order valence-electron chi connectivity index (χ3n) is 3.38. The van der Waals surface area contributed by atoms with Gasteiger partial charge in [0.2, 0.25) is 0 Å². The van der Waals surface area contributed by atoms with Gasteiger partial charge in [-0.1, -0.05) is 0 Å². The Morgan fingerprint density at radius 2 is 2.29 bits per heavy atom. The molecule has 0 amide bonds. The molecule has 1 saturated heterocycles. The average Bonchev–Trinajstić information content (AvgIpc) is 2.39. The molecule has 1 aromatic rings. The average molecular weight is 236 g/mol. The Kier molecular flexibility index (Phi) is 3.74. The van der Waals surface area contributed by atoms with Gasteiger partial charge in [-0.3, -0.25) is 0 Å². The van der Waals surface area contributed by atoms with E-state index in [4.69, 9.17) is 10.5 Å². The second kappa shape index (κ2) is 5.27. The molecule has 0 spiro atoms. The van der Waals surface area contributed by atoms with Crippen LogP contribution in [0, 0.1) is 0 Å². The van der Waals surface area contributed by atoms with Gasteiger partial charge in [0, 0.05) is 12.6 Å². The first-order chi connectivity index (χ1) is 8.26. The number of nitrogens with zero attached hydrogens (tertiary/aromatic N) is 1. The van der Waals surface area contributed by atoms with Gasteiger partial charge in [0.15, 0.2) is 0 Å². The normalized spacial score (nSPS) is 20.4.